The molecule has 0 aliphatic carbocycles. The third kappa shape index (κ3) is 3.87. The fraction of sp³-hybridized carbons (Fsp3) is 0.167. The lowest BCUT2D eigenvalue weighted by Crippen LogP contribution is -2.21. The molecular weight excluding hydrogens is 316 g/mol. The van der Waals surface area contributed by atoms with Crippen LogP contribution in [0.5, 0.6) is 0 Å². The third-order valence-corrected chi connectivity index (χ3v) is 3.68. The van der Waals surface area contributed by atoms with Gasteiger partial charge in [0.05, 0.1) is 11.3 Å². The maximum atomic E-state index is 12.1. The summed E-state index contributed by atoms with van der Waals surface area (Å²) in [6.45, 7) is 2.01. The molecule has 1 N–H and O–H groups in total. The molecule has 2 aromatic carbocycles. The summed E-state index contributed by atoms with van der Waals surface area (Å²) in [6, 6.07) is 16.7. The highest BCUT2D eigenvalue weighted by atomic mass is 16.2. The highest BCUT2D eigenvalue weighted by Crippen LogP contribution is 2.15. The Hall–Kier alpha value is -3.53. The Morgan fingerprint density at radius 3 is 2.68 bits per heavy atom. The lowest BCUT2D eigenvalue weighted by atomic mass is 10.1. The number of carbonyl (C=O) groups excluding carboxylic acids is 1. The number of hydrogen-bond acceptors (Lipinski definition) is 5. The highest BCUT2D eigenvalue weighted by molar-refractivity contribution is 5.91. The summed E-state index contributed by atoms with van der Waals surface area (Å²) in [5.41, 5.74) is 2.94. The van der Waals surface area contributed by atoms with E-state index in [1.807, 2.05) is 30.3 Å². The first kappa shape index (κ1) is 16.3. The van der Waals surface area contributed by atoms with Gasteiger partial charge < -0.3 is 5.32 Å². The molecule has 0 saturated heterocycles. The van der Waals surface area contributed by atoms with Crippen LogP contribution in [0.15, 0.2) is 48.5 Å². The van der Waals surface area contributed by atoms with Crippen LogP contribution < -0.4 is 5.32 Å². The van der Waals surface area contributed by atoms with Gasteiger partial charge in [-0.3, -0.25) is 4.79 Å². The van der Waals surface area contributed by atoms with E-state index >= 15 is 0 Å². The molecule has 0 aliphatic heterocycles. The minimum Gasteiger partial charge on any atom is -0.323 e. The molecule has 1 aromatic heterocycles. The number of rotatable bonds is 5. The minimum absolute atomic E-state index is 0.0835. The fourth-order valence-corrected chi connectivity index (χ4v) is 2.32. The summed E-state index contributed by atoms with van der Waals surface area (Å²) < 4.78 is 0. The van der Waals surface area contributed by atoms with E-state index in [0.29, 0.717) is 17.1 Å². The van der Waals surface area contributed by atoms with Crippen molar-refractivity contribution in [3.8, 4) is 17.5 Å². The van der Waals surface area contributed by atoms with Gasteiger partial charge in [0.25, 0.3) is 0 Å². The first-order valence-corrected chi connectivity index (χ1v) is 7.85. The fourth-order valence-electron chi connectivity index (χ4n) is 2.32. The molecule has 0 spiro atoms. The quantitative estimate of drug-likeness (QED) is 0.774. The molecule has 1 heterocycles. The van der Waals surface area contributed by atoms with Crippen LogP contribution in [0.4, 0.5) is 5.69 Å². The lowest BCUT2D eigenvalue weighted by Gasteiger charge is -2.05. The zero-order chi connectivity index (χ0) is 17.6. The van der Waals surface area contributed by atoms with Crippen LogP contribution in [-0.2, 0) is 17.8 Å². The van der Waals surface area contributed by atoms with Gasteiger partial charge in [-0.2, -0.15) is 10.1 Å². The lowest BCUT2D eigenvalue weighted by molar-refractivity contribution is -0.117. The highest BCUT2D eigenvalue weighted by Gasteiger charge is 2.11. The van der Waals surface area contributed by atoms with Gasteiger partial charge in [0.15, 0.2) is 0 Å². The Kier molecular flexibility index (Phi) is 4.81. The summed E-state index contributed by atoms with van der Waals surface area (Å²) in [5, 5.41) is 23.9. The monoisotopic (exact) mass is 332 g/mol. The zero-order valence-corrected chi connectivity index (χ0v) is 13.7. The number of tetrazole rings is 1. The number of anilines is 1. The average molecular weight is 332 g/mol. The smallest absolute Gasteiger partial charge is 0.248 e. The van der Waals surface area contributed by atoms with Gasteiger partial charge in [-0.25, -0.2) is 0 Å². The molecule has 0 unspecified atom stereocenters. The van der Waals surface area contributed by atoms with E-state index < -0.39 is 0 Å². The van der Waals surface area contributed by atoms with Crippen LogP contribution in [0.2, 0.25) is 0 Å². The Morgan fingerprint density at radius 2 is 1.96 bits per heavy atom. The molecular formula is C18H16N6O. The van der Waals surface area contributed by atoms with E-state index in [1.165, 1.54) is 10.4 Å². The van der Waals surface area contributed by atoms with Crippen molar-refractivity contribution in [2.24, 2.45) is 0 Å². The summed E-state index contributed by atoms with van der Waals surface area (Å²) in [4.78, 5) is 13.4. The predicted octanol–water partition coefficient (Wildman–Crippen LogP) is 2.41. The molecule has 0 radical (unpaired) electrons. The van der Waals surface area contributed by atoms with Crippen molar-refractivity contribution in [3.63, 3.8) is 0 Å². The minimum atomic E-state index is -0.326. The largest absolute Gasteiger partial charge is 0.323 e. The maximum absolute atomic E-state index is 12.1. The number of amides is 1. The number of hydrogen-bond donors (Lipinski definition) is 1. The van der Waals surface area contributed by atoms with Crippen LogP contribution >= 0.6 is 0 Å². The standard InChI is InChI=1S/C18H16N6O/c1-2-13-7-9-14(10-8-13)18-21-23-24(22-18)12-17(25)20-16-6-4-3-5-15(16)11-19/h3-10H,2,12H2,1H3,(H,20,25). The van der Waals surface area contributed by atoms with Crippen LogP contribution in [0.1, 0.15) is 18.1 Å². The van der Waals surface area contributed by atoms with Gasteiger partial charge in [-0.1, -0.05) is 43.3 Å². The number of aryl methyl sites for hydroxylation is 1. The van der Waals surface area contributed by atoms with Gasteiger partial charge in [-0.05, 0) is 29.3 Å². The Labute approximate surface area is 144 Å². The first-order valence-electron chi connectivity index (χ1n) is 7.85. The van der Waals surface area contributed by atoms with E-state index in [-0.39, 0.29) is 12.5 Å². The summed E-state index contributed by atoms with van der Waals surface area (Å²) in [6.07, 6.45) is 0.963. The molecule has 7 heteroatoms. The zero-order valence-electron chi connectivity index (χ0n) is 13.7. The number of aromatic nitrogens is 4. The number of nitrogens with one attached hydrogen (secondary N) is 1. The first-order chi connectivity index (χ1) is 12.2. The number of benzene rings is 2. The van der Waals surface area contributed by atoms with Crippen molar-refractivity contribution in [1.29, 1.82) is 5.26 Å². The molecule has 3 aromatic rings. The maximum Gasteiger partial charge on any atom is 0.248 e. The van der Waals surface area contributed by atoms with Gasteiger partial charge in [0, 0.05) is 5.56 Å². The van der Waals surface area contributed by atoms with E-state index in [4.69, 9.17) is 5.26 Å². The molecule has 0 saturated carbocycles. The number of nitriles is 1. The van der Waals surface area contributed by atoms with Crippen LogP contribution in [0.3, 0.4) is 0 Å². The average Bonchev–Trinajstić information content (AvgIpc) is 3.10. The van der Waals surface area contributed by atoms with E-state index in [2.05, 4.69) is 27.7 Å². The molecule has 7 nitrogen and oxygen atoms in total. The van der Waals surface area contributed by atoms with Crippen molar-refractivity contribution in [3.05, 3.63) is 59.7 Å². The number of carbonyl (C=O) groups is 1. The normalized spacial score (nSPS) is 10.2. The molecule has 0 aliphatic rings. The van der Waals surface area contributed by atoms with E-state index in [0.717, 1.165) is 12.0 Å². The second kappa shape index (κ2) is 7.36. The Bertz CT molecular complexity index is 923. The molecule has 0 bridgehead atoms. The number of para-hydroxylation sites is 1. The summed E-state index contributed by atoms with van der Waals surface area (Å²) >= 11 is 0. The van der Waals surface area contributed by atoms with Gasteiger partial charge >= 0.3 is 0 Å². The van der Waals surface area contributed by atoms with Gasteiger partial charge in [0.2, 0.25) is 11.7 Å². The van der Waals surface area contributed by atoms with Crippen molar-refractivity contribution in [2.45, 2.75) is 19.9 Å². The van der Waals surface area contributed by atoms with Crippen molar-refractivity contribution >= 4 is 11.6 Å². The van der Waals surface area contributed by atoms with E-state index in [9.17, 15) is 4.79 Å². The second-order valence-corrected chi connectivity index (χ2v) is 5.40. The van der Waals surface area contributed by atoms with E-state index in [1.54, 1.807) is 24.3 Å². The van der Waals surface area contributed by atoms with Crippen molar-refractivity contribution in [2.75, 3.05) is 5.32 Å². The number of nitrogens with zero attached hydrogens (tertiary/aromatic N) is 5. The Morgan fingerprint density at radius 1 is 1.20 bits per heavy atom. The van der Waals surface area contributed by atoms with Crippen LogP contribution in [0.25, 0.3) is 11.4 Å². The van der Waals surface area contributed by atoms with Crippen LogP contribution in [0, 0.1) is 11.3 Å². The third-order valence-electron chi connectivity index (χ3n) is 3.68. The van der Waals surface area contributed by atoms with Gasteiger partial charge in [0.1, 0.15) is 12.6 Å². The molecule has 0 fully saturated rings. The van der Waals surface area contributed by atoms with Crippen molar-refractivity contribution in [1.82, 2.24) is 20.2 Å². The SMILES string of the molecule is CCc1ccc(-c2nnn(CC(=O)Nc3ccccc3C#N)n2)cc1. The summed E-state index contributed by atoms with van der Waals surface area (Å²) in [7, 11) is 0. The molecule has 1 amide bonds. The van der Waals surface area contributed by atoms with Gasteiger partial charge in [-0.15, -0.1) is 10.2 Å². The predicted molar refractivity (Wildman–Crippen MR) is 92.4 cm³/mol. The summed E-state index contributed by atoms with van der Waals surface area (Å²) in [5.74, 6) is 0.140. The molecule has 0 atom stereocenters. The molecule has 25 heavy (non-hydrogen) atoms. The van der Waals surface area contributed by atoms with Crippen molar-refractivity contribution < 1.29 is 4.79 Å². The second-order valence-electron chi connectivity index (χ2n) is 5.40. The molecule has 124 valence electrons. The topological polar surface area (TPSA) is 96.5 Å². The molecule has 3 rings (SSSR count). The van der Waals surface area contributed by atoms with Crippen LogP contribution in [-0.4, -0.2) is 26.1 Å². The Balaban J connectivity index is 1.68.